The number of carbonyl (C=O) groups excluding carboxylic acids is 1. The average Bonchev–Trinajstić information content (AvgIpc) is 3.46. The van der Waals surface area contributed by atoms with Crippen molar-refractivity contribution < 1.29 is 37.4 Å². The van der Waals surface area contributed by atoms with Gasteiger partial charge in [0.1, 0.15) is 24.0 Å². The lowest BCUT2D eigenvalue weighted by atomic mass is 9.98. The van der Waals surface area contributed by atoms with Crippen LogP contribution < -0.4 is 20.9 Å². The van der Waals surface area contributed by atoms with Crippen LogP contribution in [0.4, 0.5) is 4.39 Å². The normalized spacial score (nSPS) is 24.0. The van der Waals surface area contributed by atoms with Gasteiger partial charge in [-0.1, -0.05) is 20.8 Å². The van der Waals surface area contributed by atoms with Gasteiger partial charge in [0.2, 0.25) is 0 Å². The van der Waals surface area contributed by atoms with Crippen LogP contribution in [-0.4, -0.2) is 57.8 Å². The van der Waals surface area contributed by atoms with Gasteiger partial charge in [-0.15, -0.1) is 11.3 Å². The Morgan fingerprint density at radius 2 is 1.93 bits per heavy atom. The van der Waals surface area contributed by atoms with E-state index in [1.807, 2.05) is 44.1 Å². The van der Waals surface area contributed by atoms with Gasteiger partial charge < -0.3 is 19.1 Å². The number of carbonyl (C=O) groups is 1. The molecule has 1 aromatic carbocycles. The summed E-state index contributed by atoms with van der Waals surface area (Å²) in [6, 6.07) is 8.60. The lowest BCUT2D eigenvalue weighted by molar-refractivity contribution is -0.148. The molecule has 1 aliphatic rings. The highest BCUT2D eigenvalue weighted by Gasteiger charge is 2.56. The molecule has 44 heavy (non-hydrogen) atoms. The van der Waals surface area contributed by atoms with E-state index in [2.05, 4.69) is 5.09 Å². The number of esters is 1. The lowest BCUT2D eigenvalue weighted by Gasteiger charge is -2.26. The van der Waals surface area contributed by atoms with Gasteiger partial charge in [0.05, 0.1) is 13.2 Å². The SMILES string of the molecule is Cc1ccsc1-c1ccc(OP(=O)(N[C@@H](C)C(=O)OCC(C)(C)C)OCC2O[C@@H](n3ccc(=O)[nH]c3=O)[C@](C)(F)[C@@H]2O)cc1. The second-order valence-corrected chi connectivity index (χ2v) is 14.6. The first-order chi connectivity index (χ1) is 20.5. The number of hydrogen-bond donors (Lipinski definition) is 3. The summed E-state index contributed by atoms with van der Waals surface area (Å²) in [5, 5.41) is 15.3. The van der Waals surface area contributed by atoms with E-state index in [1.165, 1.54) is 6.92 Å². The molecule has 0 radical (unpaired) electrons. The second-order valence-electron chi connectivity index (χ2n) is 12.0. The highest BCUT2D eigenvalue weighted by molar-refractivity contribution is 7.52. The number of benzene rings is 1. The van der Waals surface area contributed by atoms with E-state index < -0.39 is 61.7 Å². The number of thiophene rings is 1. The summed E-state index contributed by atoms with van der Waals surface area (Å²) in [6.45, 7) is 9.54. The molecule has 2 aromatic heterocycles. The van der Waals surface area contributed by atoms with Gasteiger partial charge in [0.15, 0.2) is 11.9 Å². The molecular formula is C29H37FN3O9PS. The Kier molecular flexibility index (Phi) is 10.0. The molecule has 12 nitrogen and oxygen atoms in total. The van der Waals surface area contributed by atoms with Crippen LogP contribution in [0.3, 0.4) is 0 Å². The fourth-order valence-corrected chi connectivity index (χ4v) is 6.84. The third kappa shape index (κ3) is 7.92. The third-order valence-electron chi connectivity index (χ3n) is 6.79. The van der Waals surface area contributed by atoms with Crippen LogP contribution in [0.2, 0.25) is 0 Å². The summed E-state index contributed by atoms with van der Waals surface area (Å²) in [5.41, 5.74) is -2.44. The zero-order chi connectivity index (χ0) is 32.4. The summed E-state index contributed by atoms with van der Waals surface area (Å²) in [5.74, 6) is -0.559. The number of aromatic amines is 1. The minimum absolute atomic E-state index is 0.107. The van der Waals surface area contributed by atoms with E-state index in [1.54, 1.807) is 35.6 Å². The molecule has 0 bridgehead atoms. The van der Waals surface area contributed by atoms with Crippen LogP contribution in [-0.2, 0) is 23.4 Å². The maximum absolute atomic E-state index is 15.7. The Hall–Kier alpha value is -3.13. The first-order valence-corrected chi connectivity index (χ1v) is 16.3. The summed E-state index contributed by atoms with van der Waals surface area (Å²) in [6.07, 6.45) is -3.84. The predicted octanol–water partition coefficient (Wildman–Crippen LogP) is 4.33. The van der Waals surface area contributed by atoms with Crippen LogP contribution in [0.5, 0.6) is 5.75 Å². The Morgan fingerprint density at radius 1 is 1.25 bits per heavy atom. The number of nitrogens with zero attached hydrogens (tertiary/aromatic N) is 1. The molecule has 1 fully saturated rings. The minimum atomic E-state index is -4.41. The molecule has 1 saturated heterocycles. The molecular weight excluding hydrogens is 616 g/mol. The Balaban J connectivity index is 1.54. The predicted molar refractivity (Wildman–Crippen MR) is 162 cm³/mol. The topological polar surface area (TPSA) is 158 Å². The number of ether oxygens (including phenoxy) is 2. The zero-order valence-electron chi connectivity index (χ0n) is 25.2. The average molecular weight is 654 g/mol. The molecule has 0 saturated carbocycles. The van der Waals surface area contributed by atoms with Gasteiger partial charge in [-0.2, -0.15) is 5.09 Å². The van der Waals surface area contributed by atoms with Crippen molar-refractivity contribution in [1.29, 1.82) is 0 Å². The van der Waals surface area contributed by atoms with Gasteiger partial charge in [-0.3, -0.25) is 23.7 Å². The second kappa shape index (κ2) is 13.1. The van der Waals surface area contributed by atoms with Crippen molar-refractivity contribution in [3.63, 3.8) is 0 Å². The largest absolute Gasteiger partial charge is 0.464 e. The fraction of sp³-hybridized carbons (Fsp3) is 0.483. The van der Waals surface area contributed by atoms with Crippen LogP contribution in [0, 0.1) is 12.3 Å². The van der Waals surface area contributed by atoms with Gasteiger partial charge in [-0.05, 0) is 73.0 Å². The number of H-pyrrole nitrogens is 1. The number of nitrogens with one attached hydrogen (secondary N) is 2. The maximum Gasteiger partial charge on any atom is 0.459 e. The number of halogens is 1. The minimum Gasteiger partial charge on any atom is -0.464 e. The molecule has 0 amide bonds. The van der Waals surface area contributed by atoms with Crippen LogP contribution >= 0.6 is 19.1 Å². The molecule has 3 aromatic rings. The highest BCUT2D eigenvalue weighted by Crippen LogP contribution is 2.48. The molecule has 2 unspecified atom stereocenters. The van der Waals surface area contributed by atoms with Crippen LogP contribution in [0.15, 0.2) is 57.6 Å². The molecule has 4 rings (SSSR count). The summed E-state index contributed by atoms with van der Waals surface area (Å²) in [4.78, 5) is 39.5. The van der Waals surface area contributed by atoms with Crippen molar-refractivity contribution in [1.82, 2.24) is 14.6 Å². The van der Waals surface area contributed by atoms with Crippen LogP contribution in [0.1, 0.15) is 46.4 Å². The van der Waals surface area contributed by atoms with E-state index in [9.17, 15) is 24.1 Å². The number of aromatic nitrogens is 2. The first kappa shape index (κ1) is 33.8. The molecule has 6 atom stereocenters. The first-order valence-electron chi connectivity index (χ1n) is 13.9. The highest BCUT2D eigenvalue weighted by atomic mass is 32.1. The van der Waals surface area contributed by atoms with Crippen molar-refractivity contribution in [3.8, 4) is 16.2 Å². The van der Waals surface area contributed by atoms with Gasteiger partial charge in [0.25, 0.3) is 5.56 Å². The lowest BCUT2D eigenvalue weighted by Crippen LogP contribution is -2.43. The Morgan fingerprint density at radius 3 is 2.52 bits per heavy atom. The van der Waals surface area contributed by atoms with E-state index in [-0.39, 0.29) is 17.8 Å². The molecule has 15 heteroatoms. The number of hydrogen-bond acceptors (Lipinski definition) is 10. The number of rotatable bonds is 11. The summed E-state index contributed by atoms with van der Waals surface area (Å²) >= 11 is 1.57. The third-order valence-corrected chi connectivity index (χ3v) is 9.50. The van der Waals surface area contributed by atoms with Gasteiger partial charge in [-0.25, -0.2) is 13.8 Å². The van der Waals surface area contributed by atoms with E-state index in [0.717, 1.165) is 39.8 Å². The van der Waals surface area contributed by atoms with Gasteiger partial charge >= 0.3 is 19.4 Å². The summed E-state index contributed by atoms with van der Waals surface area (Å²) in [7, 11) is -4.41. The Labute approximate surface area is 257 Å². The quantitative estimate of drug-likeness (QED) is 0.201. The number of alkyl halides is 1. The summed E-state index contributed by atoms with van der Waals surface area (Å²) < 4.78 is 52.9. The van der Waals surface area contributed by atoms with E-state index in [4.69, 9.17) is 18.5 Å². The molecule has 3 heterocycles. The van der Waals surface area contributed by atoms with Crippen molar-refractivity contribution in [3.05, 3.63) is 74.4 Å². The fourth-order valence-electron chi connectivity index (χ4n) is 4.40. The van der Waals surface area contributed by atoms with E-state index in [0.29, 0.717) is 0 Å². The van der Waals surface area contributed by atoms with Crippen molar-refractivity contribution in [2.45, 2.75) is 71.7 Å². The standard InChI is InChI=1S/C29H37FN3O9PS/c1-17-12-14-44-23(17)19-7-9-20(10-8-19)42-43(38,32-18(2)25(36)39-16-28(3,4)5)40-15-21-24(35)29(6,30)26(41-21)33-13-11-22(34)31-27(33)37/h7-14,18,21,24,26,35H,15-16H2,1-6H3,(H,32,38)(H,31,34,37)/t18-,21?,24+,26+,29+,43?/m0/s1. The van der Waals surface area contributed by atoms with Crippen LogP contribution in [0.25, 0.3) is 10.4 Å². The van der Waals surface area contributed by atoms with E-state index >= 15 is 4.39 Å². The maximum atomic E-state index is 15.7. The molecule has 0 spiro atoms. The van der Waals surface area contributed by atoms with Crippen molar-refractivity contribution >= 4 is 25.1 Å². The smallest absolute Gasteiger partial charge is 0.459 e. The number of aliphatic hydroxyl groups is 1. The van der Waals surface area contributed by atoms with Gasteiger partial charge in [0, 0.05) is 17.1 Å². The number of aliphatic hydroxyl groups excluding tert-OH is 1. The monoisotopic (exact) mass is 653 g/mol. The van der Waals surface area contributed by atoms with Crippen molar-refractivity contribution in [2.75, 3.05) is 13.2 Å². The molecule has 0 aliphatic carbocycles. The van der Waals surface area contributed by atoms with Crippen molar-refractivity contribution in [2.24, 2.45) is 5.41 Å². The Bertz CT molecular complexity index is 1630. The molecule has 240 valence electrons. The molecule has 3 N–H and O–H groups in total. The number of aryl methyl sites for hydroxylation is 1. The zero-order valence-corrected chi connectivity index (χ0v) is 26.9. The molecule has 1 aliphatic heterocycles.